The molecule has 1 heterocycles. The maximum Gasteiger partial charge on any atom is 0.227 e. The molecule has 1 N–H and O–H groups in total. The van der Waals surface area contributed by atoms with Crippen molar-refractivity contribution in [1.82, 2.24) is 9.97 Å². The molecule has 0 spiro atoms. The van der Waals surface area contributed by atoms with Crippen molar-refractivity contribution in [2.75, 3.05) is 11.9 Å². The Morgan fingerprint density at radius 2 is 1.95 bits per heavy atom. The van der Waals surface area contributed by atoms with Gasteiger partial charge in [0.05, 0.1) is 5.56 Å². The summed E-state index contributed by atoms with van der Waals surface area (Å²) in [5, 5.41) is 3.85. The van der Waals surface area contributed by atoms with Crippen LogP contribution in [0.25, 0.3) is 0 Å². The van der Waals surface area contributed by atoms with Gasteiger partial charge in [-0.2, -0.15) is 4.98 Å². The van der Waals surface area contributed by atoms with Crippen LogP contribution in [0.1, 0.15) is 23.9 Å². The summed E-state index contributed by atoms with van der Waals surface area (Å²) < 4.78 is 5.91. The molecule has 0 aliphatic carbocycles. The molecule has 20 heavy (non-hydrogen) atoms. The van der Waals surface area contributed by atoms with Gasteiger partial charge in [-0.05, 0) is 45.4 Å². The van der Waals surface area contributed by atoms with E-state index in [-0.39, 0.29) is 0 Å². The first-order valence-electron chi connectivity index (χ1n) is 6.54. The Morgan fingerprint density at radius 3 is 2.65 bits per heavy atom. The summed E-state index contributed by atoms with van der Waals surface area (Å²) in [7, 11) is 0. The molecule has 0 saturated carbocycles. The Labute approximate surface area is 124 Å². The van der Waals surface area contributed by atoms with E-state index >= 15 is 0 Å². The van der Waals surface area contributed by atoms with E-state index in [4.69, 9.17) is 16.3 Å². The molecule has 0 atom stereocenters. The molecule has 4 nitrogen and oxygen atoms in total. The first kappa shape index (κ1) is 14.6. The zero-order valence-corrected chi connectivity index (χ0v) is 12.9. The number of hydrogen-bond acceptors (Lipinski definition) is 4. The molecule has 2 aromatic rings. The van der Waals surface area contributed by atoms with Gasteiger partial charge in [-0.1, -0.05) is 17.7 Å². The number of ether oxygens (including phenoxy) is 1. The SMILES string of the molecule is CCNc1nc(C)nc(Oc2cc(Cl)ccc2C)c1C. The van der Waals surface area contributed by atoms with Gasteiger partial charge in [0.2, 0.25) is 5.88 Å². The van der Waals surface area contributed by atoms with Crippen molar-refractivity contribution in [3.05, 3.63) is 40.2 Å². The Balaban J connectivity index is 2.40. The zero-order valence-electron chi connectivity index (χ0n) is 12.1. The van der Waals surface area contributed by atoms with Gasteiger partial charge in [-0.3, -0.25) is 0 Å². The molecule has 1 aromatic carbocycles. The first-order chi connectivity index (χ1) is 9.51. The lowest BCUT2D eigenvalue weighted by Gasteiger charge is -2.14. The molecule has 106 valence electrons. The van der Waals surface area contributed by atoms with Crippen LogP contribution >= 0.6 is 11.6 Å². The average molecular weight is 292 g/mol. The predicted molar refractivity (Wildman–Crippen MR) is 81.9 cm³/mol. The van der Waals surface area contributed by atoms with Crippen molar-refractivity contribution < 1.29 is 4.74 Å². The highest BCUT2D eigenvalue weighted by Gasteiger charge is 2.12. The molecule has 0 amide bonds. The van der Waals surface area contributed by atoms with Gasteiger partial charge < -0.3 is 10.1 Å². The van der Waals surface area contributed by atoms with Crippen molar-refractivity contribution in [3.8, 4) is 11.6 Å². The summed E-state index contributed by atoms with van der Waals surface area (Å²) >= 11 is 6.01. The number of nitrogens with zero attached hydrogens (tertiary/aromatic N) is 2. The summed E-state index contributed by atoms with van der Waals surface area (Å²) in [6, 6.07) is 5.55. The van der Waals surface area contributed by atoms with Gasteiger partial charge in [0.1, 0.15) is 17.4 Å². The highest BCUT2D eigenvalue weighted by Crippen LogP contribution is 2.30. The van der Waals surface area contributed by atoms with Gasteiger partial charge in [0, 0.05) is 11.6 Å². The fourth-order valence-corrected chi connectivity index (χ4v) is 1.99. The van der Waals surface area contributed by atoms with E-state index in [1.165, 1.54) is 0 Å². The highest BCUT2D eigenvalue weighted by atomic mass is 35.5. The maximum atomic E-state index is 6.01. The molecule has 0 unspecified atom stereocenters. The standard InChI is InChI=1S/C15H18ClN3O/c1-5-17-14-10(3)15(19-11(4)18-14)20-13-8-12(16)7-6-9(13)2/h6-8H,5H2,1-4H3,(H,17,18,19). The highest BCUT2D eigenvalue weighted by molar-refractivity contribution is 6.30. The molecule has 0 aliphatic rings. The van der Waals surface area contributed by atoms with Crippen LogP contribution in [0, 0.1) is 20.8 Å². The molecule has 0 radical (unpaired) electrons. The van der Waals surface area contributed by atoms with E-state index in [9.17, 15) is 0 Å². The number of rotatable bonds is 4. The third-order valence-electron chi connectivity index (χ3n) is 2.91. The third-order valence-corrected chi connectivity index (χ3v) is 3.15. The Bertz CT molecular complexity index is 629. The van der Waals surface area contributed by atoms with Crippen molar-refractivity contribution >= 4 is 17.4 Å². The molecule has 0 aliphatic heterocycles. The molecule has 1 aromatic heterocycles. The predicted octanol–water partition coefficient (Wildman–Crippen LogP) is 4.28. The van der Waals surface area contributed by atoms with Crippen LogP contribution in [-0.2, 0) is 0 Å². The van der Waals surface area contributed by atoms with Gasteiger partial charge >= 0.3 is 0 Å². The number of halogens is 1. The molecule has 0 bridgehead atoms. The van der Waals surface area contributed by atoms with Crippen LogP contribution in [0.2, 0.25) is 5.02 Å². The minimum absolute atomic E-state index is 0.554. The van der Waals surface area contributed by atoms with Gasteiger partial charge in [0.25, 0.3) is 0 Å². The quantitative estimate of drug-likeness (QED) is 0.913. The lowest BCUT2D eigenvalue weighted by molar-refractivity contribution is 0.453. The summed E-state index contributed by atoms with van der Waals surface area (Å²) in [4.78, 5) is 8.74. The van der Waals surface area contributed by atoms with E-state index in [0.29, 0.717) is 22.5 Å². The van der Waals surface area contributed by atoms with Gasteiger partial charge in [0.15, 0.2) is 0 Å². The number of nitrogens with one attached hydrogen (secondary N) is 1. The third kappa shape index (κ3) is 3.20. The van der Waals surface area contributed by atoms with E-state index < -0.39 is 0 Å². The topological polar surface area (TPSA) is 47.0 Å². The van der Waals surface area contributed by atoms with Crippen molar-refractivity contribution in [2.45, 2.75) is 27.7 Å². The normalized spacial score (nSPS) is 10.4. The summed E-state index contributed by atoms with van der Waals surface area (Å²) in [5.41, 5.74) is 1.90. The van der Waals surface area contributed by atoms with Crippen LogP contribution in [0.15, 0.2) is 18.2 Å². The Kier molecular flexibility index (Phi) is 4.45. The Morgan fingerprint density at radius 1 is 1.20 bits per heavy atom. The van der Waals surface area contributed by atoms with Crippen LogP contribution in [0.4, 0.5) is 5.82 Å². The van der Waals surface area contributed by atoms with Crippen molar-refractivity contribution in [1.29, 1.82) is 0 Å². The second-order valence-corrected chi connectivity index (χ2v) is 5.03. The molecule has 0 saturated heterocycles. The number of benzene rings is 1. The van der Waals surface area contributed by atoms with Gasteiger partial charge in [-0.25, -0.2) is 4.98 Å². The van der Waals surface area contributed by atoms with Gasteiger partial charge in [-0.15, -0.1) is 0 Å². The average Bonchev–Trinajstić information content (AvgIpc) is 2.39. The van der Waals surface area contributed by atoms with E-state index in [0.717, 1.165) is 23.5 Å². The number of aromatic nitrogens is 2. The minimum Gasteiger partial charge on any atom is -0.438 e. The smallest absolute Gasteiger partial charge is 0.227 e. The van der Waals surface area contributed by atoms with E-state index in [1.54, 1.807) is 6.07 Å². The van der Waals surface area contributed by atoms with Crippen LogP contribution < -0.4 is 10.1 Å². The minimum atomic E-state index is 0.554. The van der Waals surface area contributed by atoms with E-state index in [2.05, 4.69) is 15.3 Å². The summed E-state index contributed by atoms with van der Waals surface area (Å²) in [6.07, 6.45) is 0. The molecular formula is C15H18ClN3O. The molecular weight excluding hydrogens is 274 g/mol. The van der Waals surface area contributed by atoms with Crippen LogP contribution in [0.5, 0.6) is 11.6 Å². The zero-order chi connectivity index (χ0) is 14.7. The Hall–Kier alpha value is -1.81. The van der Waals surface area contributed by atoms with E-state index in [1.807, 2.05) is 39.8 Å². The van der Waals surface area contributed by atoms with Crippen LogP contribution in [-0.4, -0.2) is 16.5 Å². The largest absolute Gasteiger partial charge is 0.438 e. The molecule has 5 heteroatoms. The number of hydrogen-bond donors (Lipinski definition) is 1. The second-order valence-electron chi connectivity index (χ2n) is 4.59. The van der Waals surface area contributed by atoms with Crippen molar-refractivity contribution in [3.63, 3.8) is 0 Å². The fourth-order valence-electron chi connectivity index (χ4n) is 1.83. The van der Waals surface area contributed by atoms with Crippen LogP contribution in [0.3, 0.4) is 0 Å². The molecule has 0 fully saturated rings. The maximum absolute atomic E-state index is 6.01. The second kappa shape index (κ2) is 6.09. The summed E-state index contributed by atoms with van der Waals surface area (Å²) in [5.74, 6) is 2.73. The fraction of sp³-hybridized carbons (Fsp3) is 0.333. The lowest BCUT2D eigenvalue weighted by Crippen LogP contribution is -2.06. The first-order valence-corrected chi connectivity index (χ1v) is 6.92. The molecule has 2 rings (SSSR count). The number of anilines is 1. The lowest BCUT2D eigenvalue weighted by atomic mass is 10.2. The van der Waals surface area contributed by atoms with Crippen molar-refractivity contribution in [2.24, 2.45) is 0 Å². The summed E-state index contributed by atoms with van der Waals surface area (Å²) in [6.45, 7) is 8.58. The number of aryl methyl sites for hydroxylation is 2. The monoisotopic (exact) mass is 291 g/mol.